The molecule has 1 amide bonds. The SMILES string of the molecule is CCCCC/C=C\CCCCCCCC(=O)OCC(O)COP(=O)(O)OCC(NC(=O)CCCCCCCCCCCCCCCCCCCCCCCCCC)C(=O)O. The van der Waals surface area contributed by atoms with Crippen LogP contribution in [0, 0.1) is 0 Å². The molecule has 0 aromatic heterocycles. The van der Waals surface area contributed by atoms with Crippen molar-refractivity contribution in [1.82, 2.24) is 5.32 Å². The van der Waals surface area contributed by atoms with Gasteiger partial charge in [-0.1, -0.05) is 206 Å². The largest absolute Gasteiger partial charge is 0.480 e. The van der Waals surface area contributed by atoms with Gasteiger partial charge >= 0.3 is 19.8 Å². The maximum Gasteiger partial charge on any atom is 0.472 e. The van der Waals surface area contributed by atoms with Gasteiger partial charge in [0.25, 0.3) is 0 Å². The molecule has 0 aromatic rings. The molecule has 354 valence electrons. The number of aliphatic hydroxyl groups is 1. The summed E-state index contributed by atoms with van der Waals surface area (Å²) in [5, 5.41) is 21.9. The maximum absolute atomic E-state index is 12.4. The van der Waals surface area contributed by atoms with Gasteiger partial charge in [0.15, 0.2) is 6.04 Å². The van der Waals surface area contributed by atoms with Crippen LogP contribution in [0.1, 0.15) is 245 Å². The third-order valence-corrected chi connectivity index (χ3v) is 12.0. The van der Waals surface area contributed by atoms with Gasteiger partial charge in [-0.15, -0.1) is 0 Å². The molecule has 12 heteroatoms. The van der Waals surface area contributed by atoms with E-state index in [2.05, 4.69) is 31.3 Å². The van der Waals surface area contributed by atoms with Crippen LogP contribution in [0.25, 0.3) is 0 Å². The molecule has 0 aromatic carbocycles. The van der Waals surface area contributed by atoms with E-state index in [1.807, 2.05) is 0 Å². The van der Waals surface area contributed by atoms with E-state index < -0.39 is 57.6 Å². The molecule has 3 atom stereocenters. The van der Waals surface area contributed by atoms with E-state index in [1.165, 1.54) is 148 Å². The number of carbonyl (C=O) groups is 3. The molecule has 0 aliphatic rings. The minimum Gasteiger partial charge on any atom is -0.480 e. The van der Waals surface area contributed by atoms with Gasteiger partial charge < -0.3 is 25.2 Å². The summed E-state index contributed by atoms with van der Waals surface area (Å²) in [5.74, 6) is -2.37. The second-order valence-corrected chi connectivity index (χ2v) is 18.5. The van der Waals surface area contributed by atoms with Crippen molar-refractivity contribution < 1.29 is 47.8 Å². The number of aliphatic carboxylic acids is 1. The zero-order valence-corrected chi connectivity index (χ0v) is 39.4. The number of hydrogen-bond acceptors (Lipinski definition) is 8. The molecule has 60 heavy (non-hydrogen) atoms. The van der Waals surface area contributed by atoms with Crippen LogP contribution in [-0.2, 0) is 32.7 Å². The van der Waals surface area contributed by atoms with Crippen LogP contribution < -0.4 is 5.32 Å². The summed E-state index contributed by atoms with van der Waals surface area (Å²) >= 11 is 0. The average molecular weight is 874 g/mol. The van der Waals surface area contributed by atoms with Gasteiger partial charge in [-0.2, -0.15) is 0 Å². The van der Waals surface area contributed by atoms with Crippen molar-refractivity contribution >= 4 is 25.7 Å². The quantitative estimate of drug-likeness (QED) is 0.0200. The number of ether oxygens (including phenoxy) is 1. The lowest BCUT2D eigenvalue weighted by Crippen LogP contribution is -2.43. The Morgan fingerprint density at radius 1 is 0.517 bits per heavy atom. The zero-order chi connectivity index (χ0) is 44.2. The normalized spacial score (nSPS) is 13.7. The van der Waals surface area contributed by atoms with Crippen molar-refractivity contribution in [3.8, 4) is 0 Å². The Bertz CT molecular complexity index is 1070. The van der Waals surface area contributed by atoms with Gasteiger partial charge in [0, 0.05) is 12.8 Å². The highest BCUT2D eigenvalue weighted by Crippen LogP contribution is 2.43. The second kappa shape index (κ2) is 43.9. The second-order valence-electron chi connectivity index (χ2n) is 17.0. The fourth-order valence-corrected chi connectivity index (χ4v) is 7.97. The van der Waals surface area contributed by atoms with E-state index in [4.69, 9.17) is 13.8 Å². The van der Waals surface area contributed by atoms with Gasteiger partial charge in [0.2, 0.25) is 5.91 Å². The number of amides is 1. The molecule has 0 rings (SSSR count). The summed E-state index contributed by atoms with van der Waals surface area (Å²) in [6, 6.07) is -1.54. The molecule has 0 fully saturated rings. The van der Waals surface area contributed by atoms with Crippen molar-refractivity contribution in [2.24, 2.45) is 0 Å². The highest BCUT2D eigenvalue weighted by Gasteiger charge is 2.28. The zero-order valence-electron chi connectivity index (χ0n) is 38.5. The summed E-state index contributed by atoms with van der Waals surface area (Å²) in [7, 11) is -4.75. The first-order chi connectivity index (χ1) is 29.1. The molecule has 0 saturated carbocycles. The van der Waals surface area contributed by atoms with Gasteiger partial charge in [-0.25, -0.2) is 9.36 Å². The summed E-state index contributed by atoms with van der Waals surface area (Å²) in [6.07, 6.45) is 45.3. The summed E-state index contributed by atoms with van der Waals surface area (Å²) in [5.41, 5.74) is 0. The van der Waals surface area contributed by atoms with Crippen LogP contribution >= 0.6 is 7.82 Å². The Morgan fingerprint density at radius 3 is 1.30 bits per heavy atom. The number of carboxylic acids is 1. The lowest BCUT2D eigenvalue weighted by molar-refractivity contribution is -0.147. The van der Waals surface area contributed by atoms with Crippen LogP contribution in [0.15, 0.2) is 12.2 Å². The fraction of sp³-hybridized carbons (Fsp3) is 0.896. The first-order valence-electron chi connectivity index (χ1n) is 24.7. The number of rotatable bonds is 47. The molecule has 0 bridgehead atoms. The van der Waals surface area contributed by atoms with E-state index in [1.54, 1.807) is 0 Å². The number of carboxylic acid groups (broad SMARTS) is 1. The molecule has 0 aliphatic heterocycles. The number of allylic oxidation sites excluding steroid dienone is 2. The molecule has 0 radical (unpaired) electrons. The van der Waals surface area contributed by atoms with Crippen molar-refractivity contribution in [1.29, 1.82) is 0 Å². The lowest BCUT2D eigenvalue weighted by atomic mass is 10.0. The van der Waals surface area contributed by atoms with Crippen LogP contribution in [-0.4, -0.2) is 64.9 Å². The van der Waals surface area contributed by atoms with Crippen molar-refractivity contribution in [3.63, 3.8) is 0 Å². The number of hydrogen-bond donors (Lipinski definition) is 4. The summed E-state index contributed by atoms with van der Waals surface area (Å²) in [6.45, 7) is 2.59. The van der Waals surface area contributed by atoms with Crippen LogP contribution in [0.3, 0.4) is 0 Å². The number of unbranched alkanes of at least 4 members (excludes halogenated alkanes) is 31. The molecule has 4 N–H and O–H groups in total. The Kier molecular flexibility index (Phi) is 42.6. The van der Waals surface area contributed by atoms with E-state index in [0.717, 1.165) is 57.8 Å². The van der Waals surface area contributed by atoms with E-state index >= 15 is 0 Å². The monoisotopic (exact) mass is 874 g/mol. The Balaban J connectivity index is 3.78. The molecular weight excluding hydrogens is 781 g/mol. The fourth-order valence-electron chi connectivity index (χ4n) is 7.19. The minimum atomic E-state index is -4.75. The van der Waals surface area contributed by atoms with Crippen molar-refractivity contribution in [2.75, 3.05) is 19.8 Å². The van der Waals surface area contributed by atoms with E-state index in [-0.39, 0.29) is 12.8 Å². The maximum atomic E-state index is 12.4. The average Bonchev–Trinajstić information content (AvgIpc) is 3.22. The van der Waals surface area contributed by atoms with Gasteiger partial charge in [-0.3, -0.25) is 18.6 Å². The van der Waals surface area contributed by atoms with Crippen LogP contribution in [0.4, 0.5) is 0 Å². The van der Waals surface area contributed by atoms with Crippen molar-refractivity contribution in [3.05, 3.63) is 12.2 Å². The first-order valence-corrected chi connectivity index (χ1v) is 26.2. The predicted octanol–water partition coefficient (Wildman–Crippen LogP) is 13.2. The molecule has 3 unspecified atom stereocenters. The molecule has 11 nitrogen and oxygen atoms in total. The molecule has 0 heterocycles. The number of esters is 1. The topological polar surface area (TPSA) is 169 Å². The number of carbonyl (C=O) groups excluding carboxylic acids is 2. The number of phosphoric ester groups is 1. The van der Waals surface area contributed by atoms with Gasteiger partial charge in [-0.05, 0) is 38.5 Å². The molecule has 0 spiro atoms. The summed E-state index contributed by atoms with van der Waals surface area (Å²) < 4.78 is 26.9. The summed E-state index contributed by atoms with van der Waals surface area (Å²) in [4.78, 5) is 46.0. The van der Waals surface area contributed by atoms with Crippen LogP contribution in [0.2, 0.25) is 0 Å². The van der Waals surface area contributed by atoms with E-state index in [0.29, 0.717) is 12.8 Å². The number of nitrogens with one attached hydrogen (secondary N) is 1. The number of aliphatic hydroxyl groups excluding tert-OH is 1. The third-order valence-electron chi connectivity index (χ3n) is 11.1. The molecule has 0 aliphatic carbocycles. The molecule has 0 saturated heterocycles. The Labute approximate surface area is 367 Å². The Hall–Kier alpha value is -1.78. The smallest absolute Gasteiger partial charge is 0.472 e. The van der Waals surface area contributed by atoms with Gasteiger partial charge in [0.1, 0.15) is 12.7 Å². The third kappa shape index (κ3) is 42.9. The van der Waals surface area contributed by atoms with E-state index in [9.17, 15) is 34.1 Å². The van der Waals surface area contributed by atoms with Gasteiger partial charge in [0.05, 0.1) is 13.2 Å². The van der Waals surface area contributed by atoms with Crippen LogP contribution in [0.5, 0.6) is 0 Å². The predicted molar refractivity (Wildman–Crippen MR) is 245 cm³/mol. The standard InChI is InChI=1S/C48H92NO10P/c1-3-5-7-9-11-13-15-17-18-19-20-21-22-23-24-25-26-27-28-29-31-33-35-37-39-46(51)49-45(48(53)54)43-59-60(55,56)58-42-44(50)41-57-47(52)40-38-36-34-32-30-16-14-12-10-8-6-4-2/h12,14,44-45,50H,3-11,13,15-43H2,1-2H3,(H,49,51)(H,53,54)(H,55,56)/b14-12-. The Morgan fingerprint density at radius 2 is 0.867 bits per heavy atom. The first kappa shape index (κ1) is 58.2. The lowest BCUT2D eigenvalue weighted by Gasteiger charge is -2.18. The molecular formula is C48H92NO10P. The highest BCUT2D eigenvalue weighted by atomic mass is 31.2. The minimum absolute atomic E-state index is 0.151. The highest BCUT2D eigenvalue weighted by molar-refractivity contribution is 7.47. The van der Waals surface area contributed by atoms with Crippen molar-refractivity contribution in [2.45, 2.75) is 257 Å². The number of phosphoric acid groups is 1.